The number of benzene rings is 1. The number of aliphatic hydroxyl groups is 1. The highest BCUT2D eigenvalue weighted by Crippen LogP contribution is 2.26. The van der Waals surface area contributed by atoms with Gasteiger partial charge in [0.1, 0.15) is 0 Å². The number of anilines is 1. The molecule has 1 aromatic carbocycles. The van der Waals surface area contributed by atoms with Crippen LogP contribution in [0.3, 0.4) is 0 Å². The molecule has 5 heteroatoms. The molecule has 1 aromatic rings. The van der Waals surface area contributed by atoms with Crippen LogP contribution in [0, 0.1) is 11.3 Å². The van der Waals surface area contributed by atoms with Gasteiger partial charge in [0, 0.05) is 18.3 Å². The molecular formula is C14H17N3O2. The van der Waals surface area contributed by atoms with Gasteiger partial charge in [-0.3, -0.25) is 9.69 Å². The summed E-state index contributed by atoms with van der Waals surface area (Å²) in [6.45, 7) is 0.867. The van der Waals surface area contributed by atoms with Crippen LogP contribution >= 0.6 is 0 Å². The van der Waals surface area contributed by atoms with Crippen molar-refractivity contribution in [2.45, 2.75) is 18.9 Å². The van der Waals surface area contributed by atoms with Crippen LogP contribution in [0.2, 0.25) is 0 Å². The number of aliphatic hydroxyl groups excluding tert-OH is 1. The molecule has 1 saturated carbocycles. The van der Waals surface area contributed by atoms with Gasteiger partial charge in [-0.15, -0.1) is 0 Å². The van der Waals surface area contributed by atoms with Crippen LogP contribution in [0.15, 0.2) is 24.3 Å². The van der Waals surface area contributed by atoms with E-state index in [9.17, 15) is 4.79 Å². The monoisotopic (exact) mass is 259 g/mol. The van der Waals surface area contributed by atoms with E-state index in [0.717, 1.165) is 12.8 Å². The highest BCUT2D eigenvalue weighted by Gasteiger charge is 2.29. The highest BCUT2D eigenvalue weighted by atomic mass is 16.3. The third kappa shape index (κ3) is 4.05. The van der Waals surface area contributed by atoms with Gasteiger partial charge in [-0.1, -0.05) is 6.07 Å². The van der Waals surface area contributed by atoms with Crippen LogP contribution in [0.4, 0.5) is 5.69 Å². The van der Waals surface area contributed by atoms with E-state index in [1.54, 1.807) is 24.3 Å². The topological polar surface area (TPSA) is 76.4 Å². The molecule has 5 nitrogen and oxygen atoms in total. The zero-order valence-electron chi connectivity index (χ0n) is 10.7. The Morgan fingerprint density at radius 1 is 1.53 bits per heavy atom. The summed E-state index contributed by atoms with van der Waals surface area (Å²) in [5.74, 6) is -0.115. The lowest BCUT2D eigenvalue weighted by molar-refractivity contribution is -0.117. The molecule has 100 valence electrons. The summed E-state index contributed by atoms with van der Waals surface area (Å²) >= 11 is 0. The van der Waals surface area contributed by atoms with Crippen LogP contribution < -0.4 is 5.32 Å². The average molecular weight is 259 g/mol. The minimum atomic E-state index is -0.115. The summed E-state index contributed by atoms with van der Waals surface area (Å²) in [6.07, 6.45) is 2.19. The van der Waals surface area contributed by atoms with Crippen molar-refractivity contribution in [2.24, 2.45) is 0 Å². The fraction of sp³-hybridized carbons (Fsp3) is 0.429. The number of nitrogens with one attached hydrogen (secondary N) is 1. The van der Waals surface area contributed by atoms with Crippen LogP contribution in [0.1, 0.15) is 18.4 Å². The zero-order valence-corrected chi connectivity index (χ0v) is 10.7. The van der Waals surface area contributed by atoms with Crippen molar-refractivity contribution >= 4 is 11.6 Å². The Hall–Kier alpha value is -1.90. The van der Waals surface area contributed by atoms with E-state index in [1.807, 2.05) is 11.0 Å². The predicted molar refractivity (Wildman–Crippen MR) is 71.5 cm³/mol. The highest BCUT2D eigenvalue weighted by molar-refractivity contribution is 5.92. The predicted octanol–water partition coefficient (Wildman–Crippen LogP) is 0.953. The van der Waals surface area contributed by atoms with Gasteiger partial charge in [0.25, 0.3) is 0 Å². The van der Waals surface area contributed by atoms with Gasteiger partial charge in [0.05, 0.1) is 24.8 Å². The lowest BCUT2D eigenvalue weighted by Crippen LogP contribution is -2.36. The van der Waals surface area contributed by atoms with Gasteiger partial charge >= 0.3 is 0 Å². The van der Waals surface area contributed by atoms with Crippen LogP contribution in [0.25, 0.3) is 0 Å². The molecule has 0 spiro atoms. The van der Waals surface area contributed by atoms with E-state index < -0.39 is 0 Å². The number of amides is 1. The van der Waals surface area contributed by atoms with E-state index in [2.05, 4.69) is 5.32 Å². The lowest BCUT2D eigenvalue weighted by Gasteiger charge is -2.20. The first-order chi connectivity index (χ1) is 9.22. The van der Waals surface area contributed by atoms with E-state index >= 15 is 0 Å². The maximum Gasteiger partial charge on any atom is 0.238 e. The van der Waals surface area contributed by atoms with Gasteiger partial charge in [-0.25, -0.2) is 0 Å². The van der Waals surface area contributed by atoms with Gasteiger partial charge in [0.2, 0.25) is 5.91 Å². The largest absolute Gasteiger partial charge is 0.395 e. The molecule has 0 bridgehead atoms. The molecule has 1 aliphatic carbocycles. The van der Waals surface area contributed by atoms with E-state index in [4.69, 9.17) is 10.4 Å². The number of hydrogen-bond donors (Lipinski definition) is 2. The van der Waals surface area contributed by atoms with Crippen LogP contribution in [-0.2, 0) is 4.79 Å². The Morgan fingerprint density at radius 3 is 2.95 bits per heavy atom. The second kappa shape index (κ2) is 6.32. The molecule has 0 aromatic heterocycles. The Kier molecular flexibility index (Phi) is 4.50. The molecule has 2 rings (SSSR count). The van der Waals surface area contributed by atoms with Crippen molar-refractivity contribution in [1.82, 2.24) is 4.90 Å². The third-order valence-electron chi connectivity index (χ3n) is 3.07. The van der Waals surface area contributed by atoms with Gasteiger partial charge in [0.15, 0.2) is 0 Å². The maximum atomic E-state index is 11.9. The lowest BCUT2D eigenvalue weighted by atomic mass is 10.2. The van der Waals surface area contributed by atoms with Crippen molar-refractivity contribution in [3.63, 3.8) is 0 Å². The number of carbonyl (C=O) groups is 1. The normalized spacial score (nSPS) is 14.2. The molecule has 0 radical (unpaired) electrons. The minimum Gasteiger partial charge on any atom is -0.395 e. The van der Waals surface area contributed by atoms with E-state index in [-0.39, 0.29) is 19.1 Å². The number of carbonyl (C=O) groups excluding carboxylic acids is 1. The number of nitriles is 1. The third-order valence-corrected chi connectivity index (χ3v) is 3.07. The zero-order chi connectivity index (χ0) is 13.7. The summed E-state index contributed by atoms with van der Waals surface area (Å²) in [5, 5.41) is 20.5. The molecule has 1 fully saturated rings. The average Bonchev–Trinajstić information content (AvgIpc) is 3.22. The molecule has 0 atom stereocenters. The van der Waals surface area contributed by atoms with Gasteiger partial charge < -0.3 is 10.4 Å². The molecule has 1 aliphatic rings. The van der Waals surface area contributed by atoms with Gasteiger partial charge in [-0.05, 0) is 31.0 Å². The molecule has 0 unspecified atom stereocenters. The first kappa shape index (κ1) is 13.5. The summed E-state index contributed by atoms with van der Waals surface area (Å²) < 4.78 is 0. The summed E-state index contributed by atoms with van der Waals surface area (Å²) in [4.78, 5) is 13.9. The Bertz CT molecular complexity index is 492. The number of hydrogen-bond acceptors (Lipinski definition) is 4. The molecular weight excluding hydrogens is 242 g/mol. The Labute approximate surface area is 112 Å². The summed E-state index contributed by atoms with van der Waals surface area (Å²) in [5.41, 5.74) is 1.15. The fourth-order valence-corrected chi connectivity index (χ4v) is 2.01. The summed E-state index contributed by atoms with van der Waals surface area (Å²) in [7, 11) is 0. The first-order valence-electron chi connectivity index (χ1n) is 6.38. The molecule has 1 amide bonds. The molecule has 0 aliphatic heterocycles. The summed E-state index contributed by atoms with van der Waals surface area (Å²) in [6, 6.07) is 9.30. The quantitative estimate of drug-likeness (QED) is 0.797. The van der Waals surface area contributed by atoms with Crippen molar-refractivity contribution in [3.8, 4) is 6.07 Å². The molecule has 19 heavy (non-hydrogen) atoms. The maximum absolute atomic E-state index is 11.9. The fourth-order valence-electron chi connectivity index (χ4n) is 2.01. The Balaban J connectivity index is 1.90. The second-order valence-corrected chi connectivity index (χ2v) is 4.67. The van der Waals surface area contributed by atoms with Crippen LogP contribution in [0.5, 0.6) is 0 Å². The van der Waals surface area contributed by atoms with Gasteiger partial charge in [-0.2, -0.15) is 5.26 Å². The van der Waals surface area contributed by atoms with Crippen molar-refractivity contribution in [3.05, 3.63) is 29.8 Å². The number of nitrogens with zero attached hydrogens (tertiary/aromatic N) is 2. The number of rotatable bonds is 6. The standard InChI is InChI=1S/C14H17N3O2/c15-9-11-2-1-3-12(8-11)16-14(19)10-17(6-7-18)13-4-5-13/h1-3,8,13,18H,4-7,10H2,(H,16,19). The van der Waals surface area contributed by atoms with E-state index in [0.29, 0.717) is 23.8 Å². The van der Waals surface area contributed by atoms with E-state index in [1.165, 1.54) is 0 Å². The van der Waals surface area contributed by atoms with Crippen molar-refractivity contribution in [1.29, 1.82) is 5.26 Å². The van der Waals surface area contributed by atoms with Crippen molar-refractivity contribution < 1.29 is 9.90 Å². The molecule has 0 saturated heterocycles. The molecule has 2 N–H and O–H groups in total. The SMILES string of the molecule is N#Cc1cccc(NC(=O)CN(CCO)C2CC2)c1. The minimum absolute atomic E-state index is 0.0632. The second-order valence-electron chi connectivity index (χ2n) is 4.67. The van der Waals surface area contributed by atoms with Crippen molar-refractivity contribution in [2.75, 3.05) is 25.0 Å². The molecule has 0 heterocycles. The first-order valence-corrected chi connectivity index (χ1v) is 6.38. The smallest absolute Gasteiger partial charge is 0.238 e. The Morgan fingerprint density at radius 2 is 2.32 bits per heavy atom. The van der Waals surface area contributed by atoms with Crippen LogP contribution in [-0.4, -0.2) is 41.7 Å².